The van der Waals surface area contributed by atoms with Crippen LogP contribution in [0.15, 0.2) is 41.6 Å². The first kappa shape index (κ1) is 10.9. The van der Waals surface area contributed by atoms with Crippen molar-refractivity contribution < 1.29 is 5.11 Å². The van der Waals surface area contributed by atoms with Crippen LogP contribution in [-0.2, 0) is 6.42 Å². The van der Waals surface area contributed by atoms with Gasteiger partial charge < -0.3 is 10.1 Å². The van der Waals surface area contributed by atoms with Gasteiger partial charge in [0.1, 0.15) is 5.82 Å². The van der Waals surface area contributed by atoms with E-state index in [0.29, 0.717) is 0 Å². The van der Waals surface area contributed by atoms with Gasteiger partial charge in [-0.05, 0) is 11.6 Å². The molecule has 0 bridgehead atoms. The molecule has 4 heteroatoms. The molecular formula is C13H14N2OS. The second kappa shape index (κ2) is 4.55. The first-order valence-electron chi connectivity index (χ1n) is 5.72. The Bertz CT molecular complexity index is 498. The zero-order chi connectivity index (χ0) is 11.7. The summed E-state index contributed by atoms with van der Waals surface area (Å²) in [5.74, 6) is 2.13. The fourth-order valence-corrected chi connectivity index (χ4v) is 3.45. The van der Waals surface area contributed by atoms with Crippen LogP contribution in [0.25, 0.3) is 0 Å². The van der Waals surface area contributed by atoms with Gasteiger partial charge in [0.2, 0.25) is 0 Å². The third-order valence-electron chi connectivity index (χ3n) is 3.15. The highest BCUT2D eigenvalue weighted by molar-refractivity contribution is 7.99. The Morgan fingerprint density at radius 2 is 2.29 bits per heavy atom. The summed E-state index contributed by atoms with van der Waals surface area (Å²) < 4.78 is 0. The van der Waals surface area contributed by atoms with Crippen molar-refractivity contribution in [3.05, 3.63) is 48.0 Å². The molecule has 0 aliphatic carbocycles. The Hall–Kier alpha value is -1.26. The standard InChI is InChI=1S/C13H14N2OS/c16-13-9(7-12-14-5-6-15-12)8-17-11-4-2-1-3-10(11)13/h1-6,9,13,16H,7-8H2,(H,14,15)/t9-,13+/m1/s1. The van der Waals surface area contributed by atoms with E-state index in [-0.39, 0.29) is 12.0 Å². The van der Waals surface area contributed by atoms with E-state index in [4.69, 9.17) is 0 Å². The van der Waals surface area contributed by atoms with Gasteiger partial charge in [-0.3, -0.25) is 0 Å². The summed E-state index contributed by atoms with van der Waals surface area (Å²) in [5, 5.41) is 10.4. The first-order chi connectivity index (χ1) is 8.34. The average Bonchev–Trinajstić information content (AvgIpc) is 2.86. The Balaban J connectivity index is 1.82. The molecule has 3 nitrogen and oxygen atoms in total. The third-order valence-corrected chi connectivity index (χ3v) is 4.43. The van der Waals surface area contributed by atoms with Gasteiger partial charge in [0, 0.05) is 35.4 Å². The van der Waals surface area contributed by atoms with E-state index < -0.39 is 0 Å². The normalized spacial score (nSPS) is 23.4. The summed E-state index contributed by atoms with van der Waals surface area (Å²) in [4.78, 5) is 8.53. The van der Waals surface area contributed by atoms with E-state index >= 15 is 0 Å². The summed E-state index contributed by atoms with van der Waals surface area (Å²) in [6.07, 6.45) is 4.00. The summed E-state index contributed by atoms with van der Waals surface area (Å²) in [6, 6.07) is 8.09. The van der Waals surface area contributed by atoms with Crippen molar-refractivity contribution in [3.63, 3.8) is 0 Å². The van der Waals surface area contributed by atoms with Crippen LogP contribution >= 0.6 is 11.8 Å². The van der Waals surface area contributed by atoms with Crippen LogP contribution in [0, 0.1) is 5.92 Å². The number of thioether (sulfide) groups is 1. The first-order valence-corrected chi connectivity index (χ1v) is 6.71. The molecule has 1 aromatic heterocycles. The van der Waals surface area contributed by atoms with Crippen LogP contribution in [0.2, 0.25) is 0 Å². The minimum atomic E-state index is -0.377. The molecule has 1 aliphatic rings. The molecule has 0 saturated carbocycles. The van der Waals surface area contributed by atoms with E-state index in [1.807, 2.05) is 36.2 Å². The van der Waals surface area contributed by atoms with Crippen molar-refractivity contribution in [1.82, 2.24) is 9.97 Å². The van der Waals surface area contributed by atoms with E-state index in [1.54, 1.807) is 6.20 Å². The van der Waals surface area contributed by atoms with E-state index in [0.717, 1.165) is 23.6 Å². The summed E-state index contributed by atoms with van der Waals surface area (Å²) in [5.41, 5.74) is 1.06. The van der Waals surface area contributed by atoms with Gasteiger partial charge in [-0.2, -0.15) is 0 Å². The maximum atomic E-state index is 10.4. The lowest BCUT2D eigenvalue weighted by atomic mass is 9.93. The van der Waals surface area contributed by atoms with Gasteiger partial charge in [0.25, 0.3) is 0 Å². The van der Waals surface area contributed by atoms with Crippen molar-refractivity contribution in [3.8, 4) is 0 Å². The van der Waals surface area contributed by atoms with Gasteiger partial charge in [-0.15, -0.1) is 11.8 Å². The van der Waals surface area contributed by atoms with E-state index in [1.165, 1.54) is 4.90 Å². The number of benzene rings is 1. The number of hydrogen-bond donors (Lipinski definition) is 2. The number of rotatable bonds is 2. The van der Waals surface area contributed by atoms with Crippen LogP contribution in [0.5, 0.6) is 0 Å². The second-order valence-corrected chi connectivity index (χ2v) is 5.36. The van der Waals surface area contributed by atoms with Crippen molar-refractivity contribution in [1.29, 1.82) is 0 Å². The Morgan fingerprint density at radius 3 is 3.12 bits per heavy atom. The quantitative estimate of drug-likeness (QED) is 0.855. The maximum absolute atomic E-state index is 10.4. The molecule has 1 aromatic carbocycles. The molecule has 0 amide bonds. The highest BCUT2D eigenvalue weighted by Crippen LogP contribution is 2.40. The number of nitrogens with zero attached hydrogens (tertiary/aromatic N) is 1. The fraction of sp³-hybridized carbons (Fsp3) is 0.308. The predicted molar refractivity (Wildman–Crippen MR) is 67.9 cm³/mol. The van der Waals surface area contributed by atoms with Crippen LogP contribution in [-0.4, -0.2) is 20.8 Å². The molecule has 88 valence electrons. The van der Waals surface area contributed by atoms with Gasteiger partial charge in [-0.25, -0.2) is 4.98 Å². The van der Waals surface area contributed by atoms with E-state index in [2.05, 4.69) is 16.0 Å². The fourth-order valence-electron chi connectivity index (χ4n) is 2.23. The number of hydrogen-bond acceptors (Lipinski definition) is 3. The minimum Gasteiger partial charge on any atom is -0.388 e. The van der Waals surface area contributed by atoms with Crippen LogP contribution in [0.1, 0.15) is 17.5 Å². The highest BCUT2D eigenvalue weighted by Gasteiger charge is 2.28. The predicted octanol–water partition coefficient (Wildman–Crippen LogP) is 2.41. The van der Waals surface area contributed by atoms with Crippen LogP contribution < -0.4 is 0 Å². The summed E-state index contributed by atoms with van der Waals surface area (Å²) in [6.45, 7) is 0. The van der Waals surface area contributed by atoms with Crippen molar-refractivity contribution in [2.75, 3.05) is 5.75 Å². The second-order valence-electron chi connectivity index (χ2n) is 4.29. The number of H-pyrrole nitrogens is 1. The van der Waals surface area contributed by atoms with Gasteiger partial charge >= 0.3 is 0 Å². The monoisotopic (exact) mass is 246 g/mol. The molecule has 2 atom stereocenters. The Kier molecular flexibility index (Phi) is 2.91. The molecule has 0 saturated heterocycles. The van der Waals surface area contributed by atoms with E-state index in [9.17, 15) is 5.11 Å². The number of aromatic amines is 1. The number of aromatic nitrogens is 2. The zero-order valence-corrected chi connectivity index (χ0v) is 10.2. The number of nitrogens with one attached hydrogen (secondary N) is 1. The molecule has 0 spiro atoms. The van der Waals surface area contributed by atoms with Crippen molar-refractivity contribution >= 4 is 11.8 Å². The topological polar surface area (TPSA) is 48.9 Å². The number of aliphatic hydroxyl groups is 1. The molecule has 3 rings (SSSR count). The van der Waals surface area contributed by atoms with Crippen LogP contribution in [0.4, 0.5) is 0 Å². The van der Waals surface area contributed by atoms with Crippen molar-refractivity contribution in [2.24, 2.45) is 5.92 Å². The molecule has 0 radical (unpaired) electrons. The lowest BCUT2D eigenvalue weighted by Crippen LogP contribution is -2.22. The number of aliphatic hydroxyl groups excluding tert-OH is 1. The smallest absolute Gasteiger partial charge is 0.106 e. The molecule has 0 unspecified atom stereocenters. The molecule has 1 aliphatic heterocycles. The molecular weight excluding hydrogens is 232 g/mol. The highest BCUT2D eigenvalue weighted by atomic mass is 32.2. The number of fused-ring (bicyclic) bond motifs is 1. The summed E-state index contributed by atoms with van der Waals surface area (Å²) in [7, 11) is 0. The Morgan fingerprint density at radius 1 is 1.41 bits per heavy atom. The molecule has 2 N–H and O–H groups in total. The Labute approximate surface area is 104 Å². The van der Waals surface area contributed by atoms with Gasteiger partial charge in [0.05, 0.1) is 6.10 Å². The largest absolute Gasteiger partial charge is 0.388 e. The molecule has 17 heavy (non-hydrogen) atoms. The van der Waals surface area contributed by atoms with Gasteiger partial charge in [-0.1, -0.05) is 18.2 Å². The van der Waals surface area contributed by atoms with Crippen molar-refractivity contribution in [2.45, 2.75) is 17.4 Å². The third kappa shape index (κ3) is 2.10. The van der Waals surface area contributed by atoms with Gasteiger partial charge in [0.15, 0.2) is 0 Å². The lowest BCUT2D eigenvalue weighted by molar-refractivity contribution is 0.114. The molecule has 2 aromatic rings. The minimum absolute atomic E-state index is 0.237. The molecule has 0 fully saturated rings. The van der Waals surface area contributed by atoms with Crippen LogP contribution in [0.3, 0.4) is 0 Å². The lowest BCUT2D eigenvalue weighted by Gasteiger charge is -2.28. The average molecular weight is 246 g/mol. The maximum Gasteiger partial charge on any atom is 0.106 e. The summed E-state index contributed by atoms with van der Waals surface area (Å²) >= 11 is 1.82. The zero-order valence-electron chi connectivity index (χ0n) is 9.34. The number of imidazole rings is 1. The SMILES string of the molecule is O[C@@H]1c2ccccc2SC[C@H]1Cc1ncc[nH]1. The molecule has 2 heterocycles.